The fourth-order valence-electron chi connectivity index (χ4n) is 6.35. The molecule has 1 N–H and O–H groups in total. The van der Waals surface area contributed by atoms with E-state index in [9.17, 15) is 4.79 Å². The van der Waals surface area contributed by atoms with Crippen LogP contribution in [0.5, 0.6) is 11.5 Å². The molecule has 4 bridgehead atoms. The maximum atomic E-state index is 12.8. The van der Waals surface area contributed by atoms with E-state index in [1.54, 1.807) is 14.2 Å². The number of carbonyl (C=O) groups is 1. The third-order valence-electron chi connectivity index (χ3n) is 7.22. The Morgan fingerprint density at radius 1 is 1.12 bits per heavy atom. The van der Waals surface area contributed by atoms with Gasteiger partial charge in [-0.25, -0.2) is 0 Å². The molecule has 4 aliphatic carbocycles. The lowest BCUT2D eigenvalue weighted by Gasteiger charge is -2.59. The van der Waals surface area contributed by atoms with Crippen molar-refractivity contribution < 1.29 is 14.3 Å². The zero-order valence-corrected chi connectivity index (χ0v) is 16.2. The number of hydrogen-bond donors (Lipinski definition) is 1. The molecule has 4 aliphatic rings. The number of amides is 1. The standard InChI is InChI=1S/C22H31NO3/c1-14(22-11-15-6-16(12-22)8-17(7-15)13-22)23-21(24)10-18-9-19(25-2)4-5-20(18)26-3/h4-5,9,14-17H,6-8,10-13H2,1-3H3,(H,23,24). The van der Waals surface area contributed by atoms with Gasteiger partial charge in [0, 0.05) is 11.6 Å². The zero-order chi connectivity index (χ0) is 18.3. The number of rotatable bonds is 6. The monoisotopic (exact) mass is 357 g/mol. The van der Waals surface area contributed by atoms with Crippen molar-refractivity contribution in [3.05, 3.63) is 23.8 Å². The predicted octanol–water partition coefficient (Wildman–Crippen LogP) is 3.97. The molecule has 4 saturated carbocycles. The van der Waals surface area contributed by atoms with Gasteiger partial charge in [-0.2, -0.15) is 0 Å². The molecule has 0 radical (unpaired) electrons. The molecule has 142 valence electrons. The second kappa shape index (κ2) is 6.79. The summed E-state index contributed by atoms with van der Waals surface area (Å²) in [6.45, 7) is 2.23. The number of carbonyl (C=O) groups excluding carboxylic acids is 1. The normalized spacial score (nSPS) is 33.0. The summed E-state index contributed by atoms with van der Waals surface area (Å²) >= 11 is 0. The largest absolute Gasteiger partial charge is 0.497 e. The van der Waals surface area contributed by atoms with Crippen LogP contribution in [0.4, 0.5) is 0 Å². The maximum Gasteiger partial charge on any atom is 0.224 e. The Hall–Kier alpha value is -1.71. The van der Waals surface area contributed by atoms with E-state index < -0.39 is 0 Å². The smallest absolute Gasteiger partial charge is 0.224 e. The molecular weight excluding hydrogens is 326 g/mol. The molecule has 1 amide bonds. The van der Waals surface area contributed by atoms with Crippen LogP contribution in [-0.4, -0.2) is 26.2 Å². The highest BCUT2D eigenvalue weighted by molar-refractivity contribution is 5.79. The van der Waals surface area contributed by atoms with Gasteiger partial charge in [0.2, 0.25) is 5.91 Å². The van der Waals surface area contributed by atoms with Gasteiger partial charge in [0.1, 0.15) is 11.5 Å². The summed E-state index contributed by atoms with van der Waals surface area (Å²) < 4.78 is 10.7. The van der Waals surface area contributed by atoms with Crippen molar-refractivity contribution in [1.29, 1.82) is 0 Å². The first-order chi connectivity index (χ1) is 12.5. The van der Waals surface area contributed by atoms with Crippen LogP contribution in [0, 0.1) is 23.2 Å². The van der Waals surface area contributed by atoms with E-state index in [2.05, 4.69) is 12.2 Å². The van der Waals surface area contributed by atoms with E-state index in [0.29, 0.717) is 11.8 Å². The quantitative estimate of drug-likeness (QED) is 0.838. The van der Waals surface area contributed by atoms with Crippen molar-refractivity contribution in [1.82, 2.24) is 5.32 Å². The van der Waals surface area contributed by atoms with Gasteiger partial charge in [-0.05, 0) is 86.8 Å². The minimum Gasteiger partial charge on any atom is -0.497 e. The number of nitrogens with one attached hydrogen (secondary N) is 1. The summed E-state index contributed by atoms with van der Waals surface area (Å²) in [4.78, 5) is 12.8. The Bertz CT molecular complexity index is 649. The molecular formula is C22H31NO3. The van der Waals surface area contributed by atoms with Gasteiger partial charge in [0.15, 0.2) is 0 Å². The van der Waals surface area contributed by atoms with Crippen LogP contribution in [0.1, 0.15) is 51.0 Å². The Labute approximate surface area is 156 Å². The molecule has 0 aliphatic heterocycles. The lowest BCUT2D eigenvalue weighted by Crippen LogP contribution is -2.56. The number of ether oxygens (including phenoxy) is 2. The van der Waals surface area contributed by atoms with Crippen LogP contribution in [0.3, 0.4) is 0 Å². The van der Waals surface area contributed by atoms with E-state index in [-0.39, 0.29) is 11.9 Å². The lowest BCUT2D eigenvalue weighted by atomic mass is 9.48. The lowest BCUT2D eigenvalue weighted by molar-refractivity contribution is -0.125. The SMILES string of the molecule is COc1ccc(OC)c(CC(=O)NC(C)C23CC4CC(CC(C4)C2)C3)c1. The van der Waals surface area contributed by atoms with E-state index in [1.165, 1.54) is 38.5 Å². The van der Waals surface area contributed by atoms with Crippen molar-refractivity contribution in [2.45, 2.75) is 57.9 Å². The highest BCUT2D eigenvalue weighted by Crippen LogP contribution is 2.61. The fourth-order valence-corrected chi connectivity index (χ4v) is 6.35. The first kappa shape index (κ1) is 17.7. The van der Waals surface area contributed by atoms with Gasteiger partial charge in [-0.15, -0.1) is 0 Å². The summed E-state index contributed by atoms with van der Waals surface area (Å²) in [6.07, 6.45) is 8.55. The molecule has 0 saturated heterocycles. The Morgan fingerprint density at radius 2 is 1.73 bits per heavy atom. The van der Waals surface area contributed by atoms with E-state index in [0.717, 1.165) is 34.8 Å². The summed E-state index contributed by atoms with van der Waals surface area (Å²) in [5, 5.41) is 3.34. The minimum atomic E-state index is 0.0831. The molecule has 5 rings (SSSR count). The van der Waals surface area contributed by atoms with Gasteiger partial charge >= 0.3 is 0 Å². The molecule has 0 aromatic heterocycles. The first-order valence-electron chi connectivity index (χ1n) is 10.0. The summed E-state index contributed by atoms with van der Waals surface area (Å²) in [7, 11) is 3.28. The van der Waals surface area contributed by atoms with Gasteiger partial charge in [-0.1, -0.05) is 0 Å². The van der Waals surface area contributed by atoms with Crippen LogP contribution in [-0.2, 0) is 11.2 Å². The molecule has 4 nitrogen and oxygen atoms in total. The average molecular weight is 357 g/mol. The van der Waals surface area contributed by atoms with Crippen LogP contribution >= 0.6 is 0 Å². The molecule has 0 heterocycles. The minimum absolute atomic E-state index is 0.0831. The topological polar surface area (TPSA) is 47.6 Å². The van der Waals surface area contributed by atoms with Crippen LogP contribution < -0.4 is 14.8 Å². The van der Waals surface area contributed by atoms with Crippen LogP contribution in [0.2, 0.25) is 0 Å². The molecule has 1 aromatic rings. The average Bonchev–Trinajstić information content (AvgIpc) is 2.60. The van der Waals surface area contributed by atoms with Crippen molar-refractivity contribution in [2.24, 2.45) is 23.2 Å². The molecule has 4 fully saturated rings. The van der Waals surface area contributed by atoms with Crippen molar-refractivity contribution in [3.63, 3.8) is 0 Å². The van der Waals surface area contributed by atoms with Gasteiger partial charge in [-0.3, -0.25) is 4.79 Å². The fraction of sp³-hybridized carbons (Fsp3) is 0.682. The van der Waals surface area contributed by atoms with Crippen molar-refractivity contribution in [3.8, 4) is 11.5 Å². The summed E-state index contributed by atoms with van der Waals surface area (Å²) in [6, 6.07) is 5.87. The molecule has 4 heteroatoms. The maximum absolute atomic E-state index is 12.8. The number of benzene rings is 1. The zero-order valence-electron chi connectivity index (χ0n) is 16.2. The van der Waals surface area contributed by atoms with Crippen LogP contribution in [0.15, 0.2) is 18.2 Å². The van der Waals surface area contributed by atoms with Crippen molar-refractivity contribution in [2.75, 3.05) is 14.2 Å². The predicted molar refractivity (Wildman–Crippen MR) is 101 cm³/mol. The molecule has 1 atom stereocenters. The van der Waals surface area contributed by atoms with Gasteiger partial charge in [0.25, 0.3) is 0 Å². The Morgan fingerprint density at radius 3 is 2.27 bits per heavy atom. The Balaban J connectivity index is 1.44. The van der Waals surface area contributed by atoms with Gasteiger partial charge < -0.3 is 14.8 Å². The highest BCUT2D eigenvalue weighted by Gasteiger charge is 2.53. The molecule has 1 unspecified atom stereocenters. The number of hydrogen-bond acceptors (Lipinski definition) is 3. The number of methoxy groups -OCH3 is 2. The third kappa shape index (κ3) is 3.19. The summed E-state index contributed by atoms with van der Waals surface area (Å²) in [5.41, 5.74) is 1.21. The molecule has 1 aromatic carbocycles. The van der Waals surface area contributed by atoms with Gasteiger partial charge in [0.05, 0.1) is 20.6 Å². The van der Waals surface area contributed by atoms with Crippen molar-refractivity contribution >= 4 is 5.91 Å². The van der Waals surface area contributed by atoms with Crippen LogP contribution in [0.25, 0.3) is 0 Å². The third-order valence-corrected chi connectivity index (χ3v) is 7.22. The highest BCUT2D eigenvalue weighted by atomic mass is 16.5. The second-order valence-electron chi connectivity index (χ2n) is 8.92. The van der Waals surface area contributed by atoms with E-state index in [1.807, 2.05) is 18.2 Å². The Kier molecular flexibility index (Phi) is 4.62. The second-order valence-corrected chi connectivity index (χ2v) is 8.92. The molecule has 26 heavy (non-hydrogen) atoms. The van der Waals surface area contributed by atoms with E-state index in [4.69, 9.17) is 9.47 Å². The van der Waals surface area contributed by atoms with E-state index >= 15 is 0 Å². The first-order valence-corrected chi connectivity index (χ1v) is 10.0. The molecule has 0 spiro atoms. The summed E-state index contributed by atoms with van der Waals surface area (Å²) in [5.74, 6) is 4.28.